The number of ether oxygens (including phenoxy) is 1. The van der Waals surface area contributed by atoms with Crippen LogP contribution in [0.5, 0.6) is 11.5 Å². The van der Waals surface area contributed by atoms with Gasteiger partial charge in [-0.2, -0.15) is 0 Å². The van der Waals surface area contributed by atoms with Crippen molar-refractivity contribution in [2.45, 2.75) is 23.0 Å². The lowest BCUT2D eigenvalue weighted by Gasteiger charge is -2.14. The second-order valence-corrected chi connectivity index (χ2v) is 12.0. The van der Waals surface area contributed by atoms with Crippen LogP contribution in [0.2, 0.25) is 10.0 Å². The van der Waals surface area contributed by atoms with E-state index >= 15 is 0 Å². The minimum atomic E-state index is -4.13. The second kappa shape index (κ2) is 9.46. The largest absolute Gasteiger partial charge is 0.456 e. The molecule has 3 aromatic carbocycles. The summed E-state index contributed by atoms with van der Waals surface area (Å²) >= 11 is 12.0. The zero-order valence-electron chi connectivity index (χ0n) is 17.4. The summed E-state index contributed by atoms with van der Waals surface area (Å²) in [7, 11) is -7.97. The molecule has 0 spiro atoms. The van der Waals surface area contributed by atoms with Crippen LogP contribution >= 0.6 is 23.2 Å². The molecule has 0 radical (unpaired) electrons. The molecule has 34 heavy (non-hydrogen) atoms. The summed E-state index contributed by atoms with van der Waals surface area (Å²) in [5, 5.41) is -0.0848. The Bertz CT molecular complexity index is 1450. The SMILES string of the molecule is O=C(NS(=O)(=O)C1CC1)c1cc(Cl)ccc1NS(=O)(=O)c1ccc(Oc2ccccc2Cl)cc1. The lowest BCUT2D eigenvalue weighted by atomic mass is 10.2. The fraction of sp³-hybridized carbons (Fsp3) is 0.136. The Hall–Kier alpha value is -2.79. The third-order valence-corrected chi connectivity index (χ3v) is 8.61. The van der Waals surface area contributed by atoms with Crippen molar-refractivity contribution >= 4 is 54.8 Å². The smallest absolute Gasteiger partial charge is 0.266 e. The van der Waals surface area contributed by atoms with Gasteiger partial charge in [-0.1, -0.05) is 35.3 Å². The molecule has 0 atom stereocenters. The van der Waals surface area contributed by atoms with Crippen molar-refractivity contribution in [3.05, 3.63) is 82.3 Å². The number of nitrogens with one attached hydrogen (secondary N) is 2. The summed E-state index contributed by atoms with van der Waals surface area (Å²) in [4.78, 5) is 12.5. The van der Waals surface area contributed by atoms with Gasteiger partial charge in [0, 0.05) is 5.02 Å². The molecule has 12 heteroatoms. The number of hydrogen-bond donors (Lipinski definition) is 2. The summed E-state index contributed by atoms with van der Waals surface area (Å²) in [6.45, 7) is 0. The summed E-state index contributed by atoms with van der Waals surface area (Å²) in [5.41, 5.74) is -0.344. The highest BCUT2D eigenvalue weighted by molar-refractivity contribution is 7.92. The van der Waals surface area contributed by atoms with Gasteiger partial charge in [0.25, 0.3) is 15.9 Å². The van der Waals surface area contributed by atoms with Crippen LogP contribution in [0, 0.1) is 0 Å². The molecule has 0 aliphatic heterocycles. The number of amides is 1. The molecule has 0 heterocycles. The average molecular weight is 541 g/mol. The highest BCUT2D eigenvalue weighted by Crippen LogP contribution is 2.31. The quantitative estimate of drug-likeness (QED) is 0.423. The second-order valence-electron chi connectivity index (χ2n) is 7.47. The van der Waals surface area contributed by atoms with Crippen molar-refractivity contribution < 1.29 is 26.4 Å². The number of anilines is 1. The molecule has 0 bridgehead atoms. The van der Waals surface area contributed by atoms with Crippen LogP contribution in [0.3, 0.4) is 0 Å². The van der Waals surface area contributed by atoms with Crippen molar-refractivity contribution in [3.8, 4) is 11.5 Å². The van der Waals surface area contributed by atoms with Crippen LogP contribution in [0.1, 0.15) is 23.2 Å². The molecular formula is C22H18Cl2N2O6S2. The van der Waals surface area contributed by atoms with Gasteiger partial charge in [-0.25, -0.2) is 21.6 Å². The number of sulfonamides is 2. The topological polar surface area (TPSA) is 119 Å². The van der Waals surface area contributed by atoms with Crippen molar-refractivity contribution in [1.82, 2.24) is 4.72 Å². The predicted molar refractivity (Wildman–Crippen MR) is 130 cm³/mol. The number of carbonyl (C=O) groups excluding carboxylic acids is 1. The first-order valence-electron chi connectivity index (χ1n) is 9.96. The Labute approximate surface area is 207 Å². The van der Waals surface area contributed by atoms with E-state index in [9.17, 15) is 21.6 Å². The van der Waals surface area contributed by atoms with Crippen LogP contribution in [-0.4, -0.2) is 28.0 Å². The number of hydrogen-bond acceptors (Lipinski definition) is 6. The van der Waals surface area contributed by atoms with Crippen LogP contribution in [-0.2, 0) is 20.0 Å². The maximum Gasteiger partial charge on any atom is 0.266 e. The molecule has 8 nitrogen and oxygen atoms in total. The number of para-hydroxylation sites is 1. The number of halogens is 2. The van der Waals surface area contributed by atoms with E-state index in [1.807, 2.05) is 4.72 Å². The minimum Gasteiger partial charge on any atom is -0.456 e. The first kappa shape index (κ1) is 24.3. The zero-order valence-corrected chi connectivity index (χ0v) is 20.5. The normalized spacial score (nSPS) is 13.8. The van der Waals surface area contributed by atoms with Crippen molar-refractivity contribution in [2.24, 2.45) is 0 Å². The molecule has 1 aliphatic rings. The average Bonchev–Trinajstić information content (AvgIpc) is 3.63. The van der Waals surface area contributed by atoms with Gasteiger partial charge in [0.1, 0.15) is 11.5 Å². The van der Waals surface area contributed by atoms with Crippen LogP contribution in [0.4, 0.5) is 5.69 Å². The van der Waals surface area contributed by atoms with Crippen LogP contribution < -0.4 is 14.2 Å². The Kier molecular flexibility index (Phi) is 6.77. The molecule has 3 aromatic rings. The van der Waals surface area contributed by atoms with Crippen LogP contribution in [0.15, 0.2) is 71.6 Å². The maximum absolute atomic E-state index is 12.9. The summed E-state index contributed by atoms with van der Waals surface area (Å²) in [6.07, 6.45) is 0.932. The standard InChI is InChI=1S/C22H18Cl2N2O6S2/c23-14-5-12-20(18(13-14)22(27)26-34(30,31)17-10-11-17)25-33(28,29)16-8-6-15(7-9-16)32-21-4-2-1-3-19(21)24/h1-9,12-13,17,25H,10-11H2,(H,26,27). The van der Waals surface area contributed by atoms with E-state index in [0.717, 1.165) is 0 Å². The first-order chi connectivity index (χ1) is 16.0. The van der Waals surface area contributed by atoms with Gasteiger partial charge in [-0.15, -0.1) is 0 Å². The van der Waals surface area contributed by atoms with Crippen molar-refractivity contribution in [1.29, 1.82) is 0 Å². The van der Waals surface area contributed by atoms with E-state index < -0.39 is 31.2 Å². The molecule has 2 N–H and O–H groups in total. The summed E-state index contributed by atoms with van der Waals surface area (Å²) < 4.78 is 60.1. The van der Waals surface area contributed by atoms with E-state index in [-0.39, 0.29) is 21.2 Å². The fourth-order valence-corrected chi connectivity index (χ4v) is 5.70. The van der Waals surface area contributed by atoms with Gasteiger partial charge >= 0.3 is 0 Å². The first-order valence-corrected chi connectivity index (χ1v) is 13.7. The van der Waals surface area contributed by atoms with Gasteiger partial charge in [0.2, 0.25) is 10.0 Å². The lowest BCUT2D eigenvalue weighted by Crippen LogP contribution is -2.33. The van der Waals surface area contributed by atoms with E-state index in [1.165, 1.54) is 42.5 Å². The Balaban J connectivity index is 1.55. The van der Waals surface area contributed by atoms with E-state index in [0.29, 0.717) is 29.4 Å². The van der Waals surface area contributed by atoms with E-state index in [2.05, 4.69) is 4.72 Å². The van der Waals surface area contributed by atoms with Gasteiger partial charge in [-0.3, -0.25) is 9.52 Å². The van der Waals surface area contributed by atoms with Crippen molar-refractivity contribution in [3.63, 3.8) is 0 Å². The molecule has 1 amide bonds. The van der Waals surface area contributed by atoms with Crippen molar-refractivity contribution in [2.75, 3.05) is 4.72 Å². The van der Waals surface area contributed by atoms with Gasteiger partial charge in [0.05, 0.1) is 26.4 Å². The minimum absolute atomic E-state index is 0.106. The molecule has 1 fully saturated rings. The molecule has 0 saturated heterocycles. The summed E-state index contributed by atoms with van der Waals surface area (Å²) in [5.74, 6) is -0.199. The number of benzene rings is 3. The third-order valence-electron chi connectivity index (χ3n) is 4.87. The lowest BCUT2D eigenvalue weighted by molar-refractivity contribution is 0.0982. The molecule has 1 saturated carbocycles. The molecular weight excluding hydrogens is 523 g/mol. The summed E-state index contributed by atoms with van der Waals surface area (Å²) in [6, 6.07) is 16.2. The Morgan fingerprint density at radius 3 is 2.24 bits per heavy atom. The molecule has 0 aromatic heterocycles. The monoisotopic (exact) mass is 540 g/mol. The highest BCUT2D eigenvalue weighted by Gasteiger charge is 2.37. The number of rotatable bonds is 8. The molecule has 0 unspecified atom stereocenters. The predicted octanol–water partition coefficient (Wildman–Crippen LogP) is 4.81. The van der Waals surface area contributed by atoms with Gasteiger partial charge < -0.3 is 4.74 Å². The zero-order chi connectivity index (χ0) is 24.5. The molecule has 1 aliphatic carbocycles. The van der Waals surface area contributed by atoms with E-state index in [4.69, 9.17) is 27.9 Å². The fourth-order valence-electron chi connectivity index (χ4n) is 2.98. The van der Waals surface area contributed by atoms with Crippen LogP contribution in [0.25, 0.3) is 0 Å². The maximum atomic E-state index is 12.9. The molecule has 4 rings (SSSR count). The number of carbonyl (C=O) groups is 1. The van der Waals surface area contributed by atoms with Gasteiger partial charge in [0.15, 0.2) is 0 Å². The van der Waals surface area contributed by atoms with E-state index in [1.54, 1.807) is 24.3 Å². The third kappa shape index (κ3) is 5.64. The molecule has 178 valence electrons. The highest BCUT2D eigenvalue weighted by atomic mass is 35.5. The van der Waals surface area contributed by atoms with Gasteiger partial charge in [-0.05, 0) is 67.4 Å². The Morgan fingerprint density at radius 1 is 0.912 bits per heavy atom. The Morgan fingerprint density at radius 2 is 1.59 bits per heavy atom.